The van der Waals surface area contributed by atoms with E-state index in [0.29, 0.717) is 10.6 Å². The molecule has 0 aliphatic carbocycles. The molecule has 1 N–H and O–H groups in total. The monoisotopic (exact) mass is 565 g/mol. The highest BCUT2D eigenvalue weighted by molar-refractivity contribution is 7.79. The molecule has 3 rings (SSSR count). The van der Waals surface area contributed by atoms with Crippen molar-refractivity contribution < 1.29 is 33.2 Å². The van der Waals surface area contributed by atoms with E-state index in [-0.39, 0.29) is 12.5 Å². The van der Waals surface area contributed by atoms with Gasteiger partial charge in [-0.2, -0.15) is 0 Å². The third-order valence-corrected chi connectivity index (χ3v) is 10.2. The molecule has 3 aromatic rings. The van der Waals surface area contributed by atoms with E-state index in [2.05, 4.69) is 5.32 Å². The second kappa shape index (κ2) is 14.5. The van der Waals surface area contributed by atoms with Crippen molar-refractivity contribution in [1.82, 2.24) is 5.32 Å². The summed E-state index contributed by atoms with van der Waals surface area (Å²) in [5.74, 6) is -1.61. The lowest BCUT2D eigenvalue weighted by Gasteiger charge is -2.39. The third-order valence-electron chi connectivity index (χ3n) is 6.36. The van der Waals surface area contributed by atoms with Crippen LogP contribution in [0, 0.1) is 5.92 Å². The maximum atomic E-state index is 15.3. The second-order valence-electron chi connectivity index (χ2n) is 9.72. The maximum Gasteiger partial charge on any atom is 0.407 e. The van der Waals surface area contributed by atoms with E-state index >= 15 is 4.57 Å². The standard InChI is InChI=1S/C31H36NO7P/c1-22(2)30(40(36,26-16-10-6-11-17-26)27-18-12-7-13-19-27)29(39-24(4)34)28(38-23(3)33)21-37-31(35)32-20-25-14-8-5-9-15-25/h5-19,22,28-30H,20-21H2,1-4H3,(H,32,35)/t28-,29-,30+/m0/s1. The predicted molar refractivity (Wildman–Crippen MR) is 154 cm³/mol. The minimum atomic E-state index is -3.52. The number of esters is 2. The van der Waals surface area contributed by atoms with Gasteiger partial charge in [-0.15, -0.1) is 0 Å². The number of benzene rings is 3. The molecule has 0 saturated heterocycles. The maximum absolute atomic E-state index is 15.3. The van der Waals surface area contributed by atoms with E-state index in [0.717, 1.165) is 5.56 Å². The number of rotatable bonds is 12. The van der Waals surface area contributed by atoms with Gasteiger partial charge in [0.05, 0.1) is 5.66 Å². The van der Waals surface area contributed by atoms with Gasteiger partial charge in [0.15, 0.2) is 12.2 Å². The molecule has 1 amide bonds. The molecule has 0 heterocycles. The number of nitrogens with one attached hydrogen (secondary N) is 1. The van der Waals surface area contributed by atoms with Crippen molar-refractivity contribution >= 4 is 35.8 Å². The Balaban J connectivity index is 2.00. The van der Waals surface area contributed by atoms with Gasteiger partial charge in [-0.25, -0.2) is 4.79 Å². The average Bonchev–Trinajstić information content (AvgIpc) is 2.94. The van der Waals surface area contributed by atoms with Crippen LogP contribution in [0.1, 0.15) is 33.3 Å². The molecule has 0 aliphatic heterocycles. The molecule has 3 atom stereocenters. The number of carbonyl (C=O) groups excluding carboxylic acids is 3. The molecule has 0 bridgehead atoms. The fourth-order valence-electron chi connectivity index (χ4n) is 4.74. The molecule has 0 aromatic heterocycles. The lowest BCUT2D eigenvalue weighted by atomic mass is 10.0. The summed E-state index contributed by atoms with van der Waals surface area (Å²) in [7, 11) is -3.52. The topological polar surface area (TPSA) is 108 Å². The van der Waals surface area contributed by atoms with Crippen molar-refractivity contribution in [2.75, 3.05) is 6.61 Å². The molecule has 40 heavy (non-hydrogen) atoms. The molecular formula is C31H36NO7P. The van der Waals surface area contributed by atoms with Crippen molar-refractivity contribution in [3.63, 3.8) is 0 Å². The van der Waals surface area contributed by atoms with Crippen molar-refractivity contribution in [3.05, 3.63) is 96.6 Å². The van der Waals surface area contributed by atoms with Crippen LogP contribution >= 0.6 is 7.14 Å². The van der Waals surface area contributed by atoms with Crippen LogP contribution in [0.25, 0.3) is 0 Å². The largest absolute Gasteiger partial charge is 0.458 e. The number of amides is 1. The van der Waals surface area contributed by atoms with E-state index in [1.165, 1.54) is 13.8 Å². The quantitative estimate of drug-likeness (QED) is 0.191. The Morgan fingerprint density at radius 2 is 1.23 bits per heavy atom. The second-order valence-corrected chi connectivity index (χ2v) is 12.7. The lowest BCUT2D eigenvalue weighted by molar-refractivity contribution is -0.169. The van der Waals surface area contributed by atoms with Crippen LogP contribution in [0.15, 0.2) is 91.0 Å². The summed E-state index contributed by atoms with van der Waals surface area (Å²) in [6.07, 6.45) is -3.13. The van der Waals surface area contributed by atoms with Gasteiger partial charge in [0.25, 0.3) is 0 Å². The predicted octanol–water partition coefficient (Wildman–Crippen LogP) is 4.81. The molecule has 0 fully saturated rings. The zero-order valence-electron chi connectivity index (χ0n) is 23.2. The average molecular weight is 566 g/mol. The Bertz CT molecular complexity index is 1260. The van der Waals surface area contributed by atoms with Crippen molar-refractivity contribution in [3.8, 4) is 0 Å². The van der Waals surface area contributed by atoms with E-state index in [1.807, 2.05) is 56.3 Å². The van der Waals surface area contributed by atoms with E-state index in [9.17, 15) is 14.4 Å². The lowest BCUT2D eigenvalue weighted by Crippen LogP contribution is -2.50. The number of alkyl carbamates (subject to hydrolysis) is 1. The summed E-state index contributed by atoms with van der Waals surface area (Å²) in [5, 5.41) is 3.80. The van der Waals surface area contributed by atoms with Crippen LogP contribution in [-0.4, -0.2) is 42.5 Å². The number of hydrogen-bond donors (Lipinski definition) is 1. The molecule has 9 heteroatoms. The van der Waals surface area contributed by atoms with Crippen LogP contribution in [0.4, 0.5) is 4.79 Å². The molecule has 8 nitrogen and oxygen atoms in total. The Morgan fingerprint density at radius 1 is 0.750 bits per heavy atom. The highest BCUT2D eigenvalue weighted by Crippen LogP contribution is 2.54. The highest BCUT2D eigenvalue weighted by Gasteiger charge is 2.49. The van der Waals surface area contributed by atoms with Gasteiger partial charge < -0.3 is 24.1 Å². The number of ether oxygens (including phenoxy) is 3. The summed E-state index contributed by atoms with van der Waals surface area (Å²) in [6.45, 7) is 6.02. The first-order valence-corrected chi connectivity index (χ1v) is 14.9. The van der Waals surface area contributed by atoms with E-state index in [4.69, 9.17) is 14.2 Å². The Labute approximate surface area is 235 Å². The van der Waals surface area contributed by atoms with Crippen LogP contribution in [0.3, 0.4) is 0 Å². The van der Waals surface area contributed by atoms with Crippen LogP contribution in [0.2, 0.25) is 0 Å². The van der Waals surface area contributed by atoms with Crippen molar-refractivity contribution in [1.29, 1.82) is 0 Å². The van der Waals surface area contributed by atoms with Gasteiger partial charge in [-0.05, 0) is 11.5 Å². The summed E-state index contributed by atoms with van der Waals surface area (Å²) >= 11 is 0. The van der Waals surface area contributed by atoms with Crippen molar-refractivity contribution in [2.24, 2.45) is 5.92 Å². The summed E-state index contributed by atoms with van der Waals surface area (Å²) in [4.78, 5) is 37.1. The van der Waals surface area contributed by atoms with Gasteiger partial charge in [0, 0.05) is 31.0 Å². The van der Waals surface area contributed by atoms with E-state index in [1.54, 1.807) is 48.5 Å². The molecule has 3 aromatic carbocycles. The van der Waals surface area contributed by atoms with Gasteiger partial charge in [-0.3, -0.25) is 9.59 Å². The van der Waals surface area contributed by atoms with Gasteiger partial charge in [0.1, 0.15) is 13.7 Å². The molecule has 0 aliphatic rings. The van der Waals surface area contributed by atoms with E-state index < -0.39 is 49.6 Å². The minimum Gasteiger partial charge on any atom is -0.458 e. The number of hydrogen-bond acceptors (Lipinski definition) is 7. The fourth-order valence-corrected chi connectivity index (χ4v) is 8.47. The zero-order valence-corrected chi connectivity index (χ0v) is 24.1. The van der Waals surface area contributed by atoms with Crippen LogP contribution in [0.5, 0.6) is 0 Å². The molecule has 0 spiro atoms. The first-order chi connectivity index (χ1) is 19.1. The molecule has 0 saturated carbocycles. The first kappa shape index (κ1) is 30.6. The highest BCUT2D eigenvalue weighted by atomic mass is 31.2. The Hall–Kier alpha value is -3.90. The third kappa shape index (κ3) is 8.06. The SMILES string of the molecule is CC(=O)O[C@@H]([C@H](COC(=O)NCc1ccccc1)OC(C)=O)[C@@H](C(C)C)P(=O)(c1ccccc1)c1ccccc1. The molecule has 212 valence electrons. The smallest absolute Gasteiger partial charge is 0.407 e. The minimum absolute atomic E-state index is 0.233. The zero-order chi connectivity index (χ0) is 29.1. The first-order valence-electron chi connectivity index (χ1n) is 13.1. The van der Waals surface area contributed by atoms with Gasteiger partial charge in [0.2, 0.25) is 0 Å². The van der Waals surface area contributed by atoms with Crippen molar-refractivity contribution in [2.45, 2.75) is 52.1 Å². The summed E-state index contributed by atoms with van der Waals surface area (Å²) < 4.78 is 32.1. The molecule has 0 radical (unpaired) electrons. The summed E-state index contributed by atoms with van der Waals surface area (Å²) in [6, 6.07) is 27.3. The number of carbonyl (C=O) groups is 3. The summed E-state index contributed by atoms with van der Waals surface area (Å²) in [5.41, 5.74) is 0.0573. The Kier molecular flexibility index (Phi) is 11.1. The normalized spacial score (nSPS) is 13.5. The fraction of sp³-hybridized carbons (Fsp3) is 0.323. The van der Waals surface area contributed by atoms with Crippen LogP contribution in [-0.2, 0) is 34.9 Å². The Morgan fingerprint density at radius 3 is 1.68 bits per heavy atom. The van der Waals surface area contributed by atoms with Crippen LogP contribution < -0.4 is 15.9 Å². The van der Waals surface area contributed by atoms with Gasteiger partial charge >= 0.3 is 18.0 Å². The molecule has 0 unspecified atom stereocenters. The molecular weight excluding hydrogens is 529 g/mol. The van der Waals surface area contributed by atoms with Gasteiger partial charge in [-0.1, -0.05) is 105 Å².